The lowest BCUT2D eigenvalue weighted by Gasteiger charge is -2.34. The van der Waals surface area contributed by atoms with Crippen molar-refractivity contribution in [1.29, 1.82) is 0 Å². The van der Waals surface area contributed by atoms with Gasteiger partial charge in [-0.05, 0) is 67.6 Å². The van der Waals surface area contributed by atoms with Gasteiger partial charge in [0.25, 0.3) is 23.6 Å². The lowest BCUT2D eigenvalue weighted by Crippen LogP contribution is -2.49. The van der Waals surface area contributed by atoms with Gasteiger partial charge in [0.1, 0.15) is 17.1 Å². The molecule has 6 N–H and O–H groups in total. The first-order valence-corrected chi connectivity index (χ1v) is 23.3. The van der Waals surface area contributed by atoms with Gasteiger partial charge in [0.2, 0.25) is 11.9 Å². The van der Waals surface area contributed by atoms with E-state index in [4.69, 9.17) is 39.9 Å². The second-order valence-electron chi connectivity index (χ2n) is 15.9. The van der Waals surface area contributed by atoms with Crippen molar-refractivity contribution in [3.63, 3.8) is 0 Å². The van der Waals surface area contributed by atoms with Gasteiger partial charge < -0.3 is 41.3 Å². The Bertz CT molecular complexity index is 2720. The number of carbonyl (C=O) groups is 4. The first-order valence-electron chi connectivity index (χ1n) is 22.2. The van der Waals surface area contributed by atoms with Gasteiger partial charge in [-0.25, -0.2) is 29.9 Å². The van der Waals surface area contributed by atoms with Crippen LogP contribution >= 0.6 is 34.8 Å². The zero-order valence-electron chi connectivity index (χ0n) is 37.9. The van der Waals surface area contributed by atoms with Crippen molar-refractivity contribution in [3.8, 4) is 5.75 Å². The van der Waals surface area contributed by atoms with Crippen LogP contribution in [0.1, 0.15) is 55.0 Å². The highest BCUT2D eigenvalue weighted by Gasteiger charge is 2.24. The van der Waals surface area contributed by atoms with Crippen LogP contribution in [0.2, 0.25) is 15.1 Å². The molecule has 0 bridgehead atoms. The summed E-state index contributed by atoms with van der Waals surface area (Å²) in [5, 5.41) is 30.6. The zero-order valence-corrected chi connectivity index (χ0v) is 40.1. The minimum Gasteiger partial charge on any atom is -0.508 e. The molecule has 6 heterocycles. The molecule has 2 aromatic carbocycles. The van der Waals surface area contributed by atoms with Crippen LogP contribution in [0, 0.1) is 0 Å². The van der Waals surface area contributed by atoms with Crippen molar-refractivity contribution in [3.05, 3.63) is 135 Å². The van der Waals surface area contributed by atoms with Gasteiger partial charge in [-0.1, -0.05) is 47.8 Å². The molecule has 23 heteroatoms. The number of nitrogens with zero attached hydrogens (tertiary/aromatic N) is 10. The largest absolute Gasteiger partial charge is 0.508 e. The molecule has 0 saturated carbocycles. The quantitative estimate of drug-likeness (QED) is 0.0699. The maximum atomic E-state index is 12.7. The maximum Gasteiger partial charge on any atom is 0.272 e. The van der Waals surface area contributed by atoms with Crippen molar-refractivity contribution in [1.82, 2.24) is 49.5 Å². The molecular formula is C47H49Cl3N14O6. The number of aliphatic hydroxyl groups excluding tert-OH is 1. The van der Waals surface area contributed by atoms with E-state index in [9.17, 15) is 24.3 Å². The van der Waals surface area contributed by atoms with E-state index in [1.54, 1.807) is 53.6 Å². The molecule has 0 atom stereocenters. The average molecular weight is 1010 g/mol. The van der Waals surface area contributed by atoms with Gasteiger partial charge in [0, 0.05) is 58.9 Å². The number of benzene rings is 2. The van der Waals surface area contributed by atoms with Crippen molar-refractivity contribution in [2.45, 2.75) is 13.3 Å². The van der Waals surface area contributed by atoms with E-state index in [1.807, 2.05) is 4.90 Å². The van der Waals surface area contributed by atoms with E-state index in [1.165, 1.54) is 49.2 Å². The lowest BCUT2D eigenvalue weighted by atomic mass is 10.2. The van der Waals surface area contributed by atoms with Crippen LogP contribution in [0.5, 0.6) is 5.75 Å². The number of anilines is 6. The van der Waals surface area contributed by atoms with Gasteiger partial charge in [0.15, 0.2) is 0 Å². The topological polar surface area (TPSA) is 247 Å². The molecule has 0 unspecified atom stereocenters. The highest BCUT2D eigenvalue weighted by molar-refractivity contribution is 6.40. The Morgan fingerprint density at radius 1 is 0.557 bits per heavy atom. The number of pyridine rings is 2. The fraction of sp³-hybridized carbons (Fsp3) is 0.277. The number of aliphatic hydroxyl groups is 1. The Morgan fingerprint density at radius 2 is 1.01 bits per heavy atom. The minimum absolute atomic E-state index is 0.0637. The Labute approximate surface area is 418 Å². The summed E-state index contributed by atoms with van der Waals surface area (Å²) in [6, 6.07) is 15.7. The Hall–Kier alpha value is -7.07. The van der Waals surface area contributed by atoms with E-state index in [2.05, 4.69) is 67.9 Å². The summed E-state index contributed by atoms with van der Waals surface area (Å²) in [7, 11) is 0. The van der Waals surface area contributed by atoms with E-state index in [-0.39, 0.29) is 50.4 Å². The summed E-state index contributed by atoms with van der Waals surface area (Å²) in [5.74, 6) is -0.640. The molecule has 364 valence electrons. The number of hydrogen-bond donors (Lipinski definition) is 6. The number of hydrogen-bond acceptors (Lipinski definition) is 16. The maximum absolute atomic E-state index is 12.7. The average Bonchev–Trinajstić information content (AvgIpc) is 3.37. The van der Waals surface area contributed by atoms with Crippen molar-refractivity contribution in [2.24, 2.45) is 0 Å². The monoisotopic (exact) mass is 1010 g/mol. The van der Waals surface area contributed by atoms with Crippen LogP contribution in [-0.2, 0) is 0 Å². The number of aromatic hydroxyl groups is 1. The molecule has 4 aromatic heterocycles. The van der Waals surface area contributed by atoms with Crippen LogP contribution in [0.15, 0.2) is 97.8 Å². The Kier molecular flexibility index (Phi) is 17.8. The lowest BCUT2D eigenvalue weighted by molar-refractivity contribution is 0.0607. The molecule has 2 saturated heterocycles. The van der Waals surface area contributed by atoms with Gasteiger partial charge >= 0.3 is 0 Å². The van der Waals surface area contributed by atoms with E-state index in [0.29, 0.717) is 78.8 Å². The zero-order chi connectivity index (χ0) is 49.6. The molecule has 2 aliphatic rings. The number of halogens is 3. The summed E-state index contributed by atoms with van der Waals surface area (Å²) < 4.78 is 0. The summed E-state index contributed by atoms with van der Waals surface area (Å²) in [5.41, 5.74) is 3.01. The third kappa shape index (κ3) is 13.8. The summed E-state index contributed by atoms with van der Waals surface area (Å²) in [6.07, 6.45) is 9.97. The van der Waals surface area contributed by atoms with E-state index < -0.39 is 11.8 Å². The number of amides is 4. The second-order valence-corrected chi connectivity index (χ2v) is 17.1. The SMILES string of the molecule is CCCN1CCN(C(=O)c2ccc(Nc3ncc(NC(=O)c4cc(O)ccc4Cl)cn3)cn2)CC1.O=C(Nc1cnc(Nc2ccc(C(=O)N3CCN(CCO)CC3)nc2)nc1)c1c(Cl)cccc1Cl. The van der Waals surface area contributed by atoms with E-state index >= 15 is 0 Å². The molecule has 6 aromatic rings. The number of rotatable bonds is 14. The predicted molar refractivity (Wildman–Crippen MR) is 267 cm³/mol. The van der Waals surface area contributed by atoms with Gasteiger partial charge in [-0.15, -0.1) is 0 Å². The predicted octanol–water partition coefficient (Wildman–Crippen LogP) is 6.32. The van der Waals surface area contributed by atoms with Gasteiger partial charge in [-0.2, -0.15) is 0 Å². The second kappa shape index (κ2) is 24.5. The Morgan fingerprint density at radius 3 is 1.46 bits per heavy atom. The molecule has 0 radical (unpaired) electrons. The van der Waals surface area contributed by atoms with Gasteiger partial charge in [-0.3, -0.25) is 29.0 Å². The molecule has 70 heavy (non-hydrogen) atoms. The number of β-amino-alcohol motifs (C(OH)–C–C–N with tert-alkyl or cyclic N) is 1. The molecule has 2 aliphatic heterocycles. The van der Waals surface area contributed by atoms with Crippen LogP contribution in [-0.4, -0.2) is 155 Å². The van der Waals surface area contributed by atoms with Crippen molar-refractivity contribution in [2.75, 3.05) is 93.3 Å². The van der Waals surface area contributed by atoms with Gasteiger partial charge in [0.05, 0.1) is 92.7 Å². The first kappa shape index (κ1) is 50.8. The van der Waals surface area contributed by atoms with Crippen molar-refractivity contribution < 1.29 is 29.4 Å². The number of carbonyl (C=O) groups excluding carboxylic acids is 4. The minimum atomic E-state index is -0.494. The van der Waals surface area contributed by atoms with E-state index in [0.717, 1.165) is 39.1 Å². The smallest absolute Gasteiger partial charge is 0.272 e. The standard InChI is InChI=1S/C24H26ClN7O3.C23H23Cl2N7O3/c1-2-7-31-8-10-32(11-9-31)23(35)21-6-3-16(13-26-21)30-24-27-14-17(15-28-24)29-22(34)19-12-18(33)4-5-20(19)25;24-17-2-1-3-18(25)20(17)21(34)29-16-13-27-23(28-14-16)30-15-4-5-19(26-12-15)22(35)32-8-6-31(7-9-32)10-11-33/h3-6,12-15,33H,2,7-11H2,1H3,(H,29,34)(H,27,28,30);1-5,12-14,33H,6-11H2,(H,29,34)(H,27,28,30). The summed E-state index contributed by atoms with van der Waals surface area (Å²) in [6.45, 7) is 9.77. The Balaban J connectivity index is 0.000000206. The highest BCUT2D eigenvalue weighted by Crippen LogP contribution is 2.26. The number of nitrogens with one attached hydrogen (secondary N) is 4. The molecule has 0 aliphatic carbocycles. The molecule has 0 spiro atoms. The molecule has 20 nitrogen and oxygen atoms in total. The fourth-order valence-corrected chi connectivity index (χ4v) is 8.06. The number of piperazine rings is 2. The molecular weight excluding hydrogens is 963 g/mol. The molecule has 4 amide bonds. The molecule has 8 rings (SSSR count). The summed E-state index contributed by atoms with van der Waals surface area (Å²) >= 11 is 18.2. The number of phenolic OH excluding ortho intramolecular Hbond substituents is 1. The van der Waals surface area contributed by atoms with Crippen molar-refractivity contribution >= 4 is 93.1 Å². The number of phenols is 1. The van der Waals surface area contributed by atoms with Crippen LogP contribution in [0.25, 0.3) is 0 Å². The van der Waals surface area contributed by atoms with Crippen LogP contribution in [0.4, 0.5) is 34.6 Å². The van der Waals surface area contributed by atoms with Crippen LogP contribution in [0.3, 0.4) is 0 Å². The fourth-order valence-electron chi connectivity index (χ4n) is 7.29. The highest BCUT2D eigenvalue weighted by atomic mass is 35.5. The first-order chi connectivity index (χ1) is 33.9. The third-order valence-corrected chi connectivity index (χ3v) is 11.9. The molecule has 2 fully saturated rings. The summed E-state index contributed by atoms with van der Waals surface area (Å²) in [4.78, 5) is 83.7. The third-order valence-electron chi connectivity index (χ3n) is 11.0. The number of aromatic nitrogens is 6. The normalized spacial score (nSPS) is 14.0. The van der Waals surface area contributed by atoms with Crippen LogP contribution < -0.4 is 21.3 Å².